The number of amides is 2. The fourth-order valence-corrected chi connectivity index (χ4v) is 2.09. The van der Waals surface area contributed by atoms with Crippen molar-refractivity contribution in [1.29, 1.82) is 0 Å². The fraction of sp³-hybridized carbons (Fsp3) is 0.0588. The Morgan fingerprint density at radius 2 is 1.68 bits per heavy atom. The third kappa shape index (κ3) is 4.05. The van der Waals surface area contributed by atoms with Gasteiger partial charge >= 0.3 is 11.8 Å². The van der Waals surface area contributed by atoms with E-state index in [1.165, 1.54) is 31.2 Å². The molecule has 0 aliphatic carbocycles. The lowest BCUT2D eigenvalue weighted by Gasteiger charge is -2.06. The third-order valence-corrected chi connectivity index (χ3v) is 3.15. The van der Waals surface area contributed by atoms with Crippen molar-refractivity contribution in [2.24, 2.45) is 0 Å². The van der Waals surface area contributed by atoms with Gasteiger partial charge in [0, 0.05) is 23.9 Å². The summed E-state index contributed by atoms with van der Waals surface area (Å²) in [6.07, 6.45) is 0. The molecular weight excluding hydrogens is 327 g/mol. The Balaban J connectivity index is 1.74. The molecule has 2 N–H and O–H groups in total. The van der Waals surface area contributed by atoms with E-state index in [-0.39, 0.29) is 23.5 Å². The zero-order valence-electron chi connectivity index (χ0n) is 13.1. The largest absolute Gasteiger partial charge is 0.412 e. The quantitative estimate of drug-likeness (QED) is 0.761. The maximum Gasteiger partial charge on any atom is 0.313 e. The summed E-state index contributed by atoms with van der Waals surface area (Å²) >= 11 is 0. The number of hydrogen-bond donors (Lipinski definition) is 2. The minimum Gasteiger partial charge on any atom is -0.412 e. The molecule has 0 radical (unpaired) electrons. The molecule has 2 aromatic carbocycles. The van der Waals surface area contributed by atoms with Crippen LogP contribution in [0.5, 0.6) is 0 Å². The van der Waals surface area contributed by atoms with E-state index in [0.717, 1.165) is 0 Å². The number of hydrogen-bond acceptors (Lipinski definition) is 5. The number of carbonyl (C=O) groups excluding carboxylic acids is 2. The van der Waals surface area contributed by atoms with E-state index in [1.807, 2.05) is 0 Å². The molecule has 126 valence electrons. The smallest absolute Gasteiger partial charge is 0.313 e. The van der Waals surface area contributed by atoms with E-state index >= 15 is 0 Å². The van der Waals surface area contributed by atoms with Crippen molar-refractivity contribution in [1.82, 2.24) is 10.2 Å². The Morgan fingerprint density at radius 1 is 1.00 bits per heavy atom. The van der Waals surface area contributed by atoms with Crippen LogP contribution in [0.2, 0.25) is 0 Å². The van der Waals surface area contributed by atoms with Crippen LogP contribution in [0.25, 0.3) is 11.5 Å². The zero-order valence-corrected chi connectivity index (χ0v) is 13.1. The van der Waals surface area contributed by atoms with Crippen LogP contribution < -0.4 is 10.6 Å². The van der Waals surface area contributed by atoms with Crippen LogP contribution in [0, 0.1) is 5.82 Å². The molecule has 7 nitrogen and oxygen atoms in total. The minimum atomic E-state index is -0.596. The maximum absolute atomic E-state index is 12.9. The number of nitrogens with zero attached hydrogens (tertiary/aromatic N) is 2. The monoisotopic (exact) mass is 340 g/mol. The predicted octanol–water partition coefficient (Wildman–Crippen LogP) is 3.09. The molecule has 25 heavy (non-hydrogen) atoms. The summed E-state index contributed by atoms with van der Waals surface area (Å²) in [6.45, 7) is 1.39. The Labute approximate surface area is 141 Å². The van der Waals surface area contributed by atoms with Crippen LogP contribution in [-0.4, -0.2) is 22.0 Å². The first-order chi connectivity index (χ1) is 12.0. The van der Waals surface area contributed by atoms with Crippen LogP contribution in [0.4, 0.5) is 15.8 Å². The first-order valence-corrected chi connectivity index (χ1v) is 7.30. The summed E-state index contributed by atoms with van der Waals surface area (Å²) < 4.78 is 18.2. The number of aromatic nitrogens is 2. The predicted molar refractivity (Wildman–Crippen MR) is 88.4 cm³/mol. The van der Waals surface area contributed by atoms with Crippen molar-refractivity contribution in [2.45, 2.75) is 6.92 Å². The number of anilines is 2. The Morgan fingerprint density at radius 3 is 2.36 bits per heavy atom. The van der Waals surface area contributed by atoms with Crippen LogP contribution in [0.1, 0.15) is 17.6 Å². The number of rotatable bonds is 4. The molecule has 8 heteroatoms. The van der Waals surface area contributed by atoms with Crippen molar-refractivity contribution >= 4 is 23.2 Å². The van der Waals surface area contributed by atoms with Gasteiger partial charge in [-0.2, -0.15) is 0 Å². The molecule has 0 saturated heterocycles. The van der Waals surface area contributed by atoms with Gasteiger partial charge in [0.15, 0.2) is 0 Å². The SMILES string of the molecule is CC(=O)Nc1cccc(NC(=O)c2nnc(-c3ccc(F)cc3)o2)c1. The average molecular weight is 340 g/mol. The topological polar surface area (TPSA) is 97.1 Å². The first kappa shape index (κ1) is 16.3. The van der Waals surface area contributed by atoms with Gasteiger partial charge in [0.25, 0.3) is 0 Å². The number of nitrogens with one attached hydrogen (secondary N) is 2. The van der Waals surface area contributed by atoms with Gasteiger partial charge in [-0.05, 0) is 42.5 Å². The van der Waals surface area contributed by atoms with Gasteiger partial charge in [0.2, 0.25) is 11.8 Å². The van der Waals surface area contributed by atoms with Gasteiger partial charge in [-0.25, -0.2) is 4.39 Å². The van der Waals surface area contributed by atoms with Crippen molar-refractivity contribution in [3.8, 4) is 11.5 Å². The summed E-state index contributed by atoms with van der Waals surface area (Å²) in [4.78, 5) is 23.3. The normalized spacial score (nSPS) is 10.3. The molecule has 0 aliphatic heterocycles. The highest BCUT2D eigenvalue weighted by Crippen LogP contribution is 2.19. The van der Waals surface area contributed by atoms with E-state index < -0.39 is 5.91 Å². The van der Waals surface area contributed by atoms with E-state index in [2.05, 4.69) is 20.8 Å². The lowest BCUT2D eigenvalue weighted by molar-refractivity contribution is -0.114. The fourth-order valence-electron chi connectivity index (χ4n) is 2.09. The molecule has 0 atom stereocenters. The van der Waals surface area contributed by atoms with E-state index in [9.17, 15) is 14.0 Å². The lowest BCUT2D eigenvalue weighted by atomic mass is 10.2. The number of benzene rings is 2. The molecule has 3 aromatic rings. The highest BCUT2D eigenvalue weighted by molar-refractivity contribution is 6.01. The second-order valence-electron chi connectivity index (χ2n) is 5.14. The van der Waals surface area contributed by atoms with Gasteiger partial charge in [-0.15, -0.1) is 10.2 Å². The Bertz CT molecular complexity index is 922. The molecule has 3 rings (SSSR count). The van der Waals surface area contributed by atoms with Gasteiger partial charge in [0.05, 0.1) is 0 Å². The molecule has 1 aromatic heterocycles. The van der Waals surface area contributed by atoms with Crippen LogP contribution >= 0.6 is 0 Å². The first-order valence-electron chi connectivity index (χ1n) is 7.30. The molecule has 0 bridgehead atoms. The van der Waals surface area contributed by atoms with Gasteiger partial charge in [0.1, 0.15) is 5.82 Å². The second-order valence-corrected chi connectivity index (χ2v) is 5.14. The third-order valence-electron chi connectivity index (χ3n) is 3.15. The highest BCUT2D eigenvalue weighted by atomic mass is 19.1. The average Bonchev–Trinajstić information content (AvgIpc) is 3.05. The van der Waals surface area contributed by atoms with Crippen LogP contribution in [0.3, 0.4) is 0 Å². The van der Waals surface area contributed by atoms with Crippen molar-refractivity contribution in [3.05, 3.63) is 60.2 Å². The van der Waals surface area contributed by atoms with Gasteiger partial charge in [-0.3, -0.25) is 9.59 Å². The van der Waals surface area contributed by atoms with E-state index in [4.69, 9.17) is 4.42 Å². The summed E-state index contributed by atoms with van der Waals surface area (Å²) in [5.74, 6) is -1.33. The summed E-state index contributed by atoms with van der Waals surface area (Å²) in [7, 11) is 0. The van der Waals surface area contributed by atoms with Crippen molar-refractivity contribution in [3.63, 3.8) is 0 Å². The zero-order chi connectivity index (χ0) is 17.8. The standard InChI is InChI=1S/C17H13FN4O3/c1-10(23)19-13-3-2-4-14(9-13)20-15(24)17-22-21-16(25-17)11-5-7-12(18)8-6-11/h2-9H,1H3,(H,19,23)(H,20,24). The molecular formula is C17H13FN4O3. The van der Waals surface area contributed by atoms with Gasteiger partial charge < -0.3 is 15.1 Å². The molecule has 2 amide bonds. The molecule has 0 unspecified atom stereocenters. The van der Waals surface area contributed by atoms with Crippen LogP contribution in [-0.2, 0) is 4.79 Å². The van der Waals surface area contributed by atoms with E-state index in [1.54, 1.807) is 24.3 Å². The number of carbonyl (C=O) groups is 2. The van der Waals surface area contributed by atoms with Crippen molar-refractivity contribution < 1.29 is 18.4 Å². The Hall–Kier alpha value is -3.55. The van der Waals surface area contributed by atoms with Crippen molar-refractivity contribution in [2.75, 3.05) is 10.6 Å². The van der Waals surface area contributed by atoms with Crippen LogP contribution in [0.15, 0.2) is 52.9 Å². The minimum absolute atomic E-state index is 0.108. The second kappa shape index (κ2) is 6.91. The molecule has 0 fully saturated rings. The molecule has 0 aliphatic rings. The van der Waals surface area contributed by atoms with Gasteiger partial charge in [-0.1, -0.05) is 6.07 Å². The summed E-state index contributed by atoms with van der Waals surface area (Å²) in [6, 6.07) is 12.1. The lowest BCUT2D eigenvalue weighted by Crippen LogP contribution is -2.13. The molecule has 0 saturated carbocycles. The highest BCUT2D eigenvalue weighted by Gasteiger charge is 2.16. The summed E-state index contributed by atoms with van der Waals surface area (Å²) in [5, 5.41) is 12.7. The maximum atomic E-state index is 12.9. The summed E-state index contributed by atoms with van der Waals surface area (Å²) in [5.41, 5.74) is 1.50. The molecule has 0 spiro atoms. The molecule has 1 heterocycles. The number of halogens is 1. The van der Waals surface area contributed by atoms with E-state index in [0.29, 0.717) is 16.9 Å². The Kier molecular flexibility index (Phi) is 4.51.